The van der Waals surface area contributed by atoms with E-state index in [0.29, 0.717) is 19.6 Å². The van der Waals surface area contributed by atoms with E-state index < -0.39 is 0 Å². The molecule has 2 aromatic rings. The number of fused-ring (bicyclic) bond motifs is 1. The Labute approximate surface area is 153 Å². The quantitative estimate of drug-likeness (QED) is 0.863. The third-order valence-corrected chi connectivity index (χ3v) is 5.24. The Balaban J connectivity index is 1.38. The van der Waals surface area contributed by atoms with E-state index in [4.69, 9.17) is 9.47 Å². The van der Waals surface area contributed by atoms with Crippen molar-refractivity contribution in [2.45, 2.75) is 50.5 Å². The number of carbonyl (C=O) groups is 1. The summed E-state index contributed by atoms with van der Waals surface area (Å²) in [6.07, 6.45) is 6.78. The first-order valence-electron chi connectivity index (χ1n) is 9.36. The van der Waals surface area contributed by atoms with Crippen molar-refractivity contribution in [2.24, 2.45) is 0 Å². The minimum absolute atomic E-state index is 0.0260. The smallest absolute Gasteiger partial charge is 0.223 e. The van der Waals surface area contributed by atoms with Gasteiger partial charge < -0.3 is 19.4 Å². The van der Waals surface area contributed by atoms with Crippen molar-refractivity contribution in [3.63, 3.8) is 0 Å². The van der Waals surface area contributed by atoms with Gasteiger partial charge in [-0.25, -0.2) is 0 Å². The molecule has 138 valence electrons. The Morgan fingerprint density at radius 3 is 3.12 bits per heavy atom. The number of rotatable bonds is 6. The van der Waals surface area contributed by atoms with Gasteiger partial charge in [-0.2, -0.15) is 0 Å². The van der Waals surface area contributed by atoms with E-state index in [-0.39, 0.29) is 24.2 Å². The van der Waals surface area contributed by atoms with Crippen molar-refractivity contribution in [3.05, 3.63) is 54.1 Å². The van der Waals surface area contributed by atoms with Crippen LogP contribution in [0.15, 0.2) is 42.7 Å². The summed E-state index contributed by atoms with van der Waals surface area (Å²) in [5.74, 6) is 0.184. The zero-order chi connectivity index (χ0) is 17.8. The van der Waals surface area contributed by atoms with Gasteiger partial charge in [-0.1, -0.05) is 6.07 Å². The lowest BCUT2D eigenvalue weighted by molar-refractivity contribution is -0.134. The standard InChI is InChI=1S/C20H25N3O3/c24-19(9-8-15-6-3-11-21-15)23-13-18(20-17(23)7-4-12-25-20)26-14-16-5-1-2-10-22-16/h1-3,5-6,10-11,17-18,20-21H,4,7-9,12-14H2/t17-,18+,20+/m1/s1. The van der Waals surface area contributed by atoms with Crippen LogP contribution in [-0.4, -0.2) is 52.2 Å². The monoisotopic (exact) mass is 355 g/mol. The normalized spacial score (nSPS) is 25.2. The molecule has 0 spiro atoms. The fourth-order valence-electron chi connectivity index (χ4n) is 3.93. The van der Waals surface area contributed by atoms with Crippen LogP contribution in [0.3, 0.4) is 0 Å². The molecule has 0 aliphatic carbocycles. The molecule has 6 heteroatoms. The van der Waals surface area contributed by atoms with Crippen molar-refractivity contribution >= 4 is 5.91 Å². The van der Waals surface area contributed by atoms with Gasteiger partial charge in [-0.05, 0) is 43.5 Å². The van der Waals surface area contributed by atoms with E-state index in [0.717, 1.165) is 37.3 Å². The number of likely N-dealkylation sites (tertiary alicyclic amines) is 1. The molecule has 2 aliphatic rings. The second kappa shape index (κ2) is 8.01. The van der Waals surface area contributed by atoms with E-state index >= 15 is 0 Å². The zero-order valence-corrected chi connectivity index (χ0v) is 14.8. The topological polar surface area (TPSA) is 67.5 Å². The van der Waals surface area contributed by atoms with Crippen LogP contribution >= 0.6 is 0 Å². The maximum absolute atomic E-state index is 12.8. The van der Waals surface area contributed by atoms with Crippen LogP contribution in [0.1, 0.15) is 30.7 Å². The summed E-state index contributed by atoms with van der Waals surface area (Å²) in [7, 11) is 0. The minimum atomic E-state index is -0.0863. The van der Waals surface area contributed by atoms with Crippen molar-refractivity contribution < 1.29 is 14.3 Å². The van der Waals surface area contributed by atoms with Gasteiger partial charge in [0.25, 0.3) is 0 Å². The van der Waals surface area contributed by atoms with Gasteiger partial charge in [-0.3, -0.25) is 9.78 Å². The van der Waals surface area contributed by atoms with Crippen molar-refractivity contribution in [1.29, 1.82) is 0 Å². The number of aryl methyl sites for hydroxylation is 1. The maximum Gasteiger partial charge on any atom is 0.223 e. The van der Waals surface area contributed by atoms with Gasteiger partial charge in [-0.15, -0.1) is 0 Å². The predicted octanol–water partition coefficient (Wildman–Crippen LogP) is 2.32. The third-order valence-electron chi connectivity index (χ3n) is 5.24. The summed E-state index contributed by atoms with van der Waals surface area (Å²) in [5.41, 5.74) is 1.99. The highest BCUT2D eigenvalue weighted by Crippen LogP contribution is 2.31. The predicted molar refractivity (Wildman–Crippen MR) is 96.4 cm³/mol. The fraction of sp³-hybridized carbons (Fsp3) is 0.500. The Bertz CT molecular complexity index is 704. The number of nitrogens with zero attached hydrogens (tertiary/aromatic N) is 2. The summed E-state index contributed by atoms with van der Waals surface area (Å²) in [6.45, 7) is 1.80. The van der Waals surface area contributed by atoms with Crippen LogP contribution in [-0.2, 0) is 27.3 Å². The van der Waals surface area contributed by atoms with Crippen LogP contribution in [0.4, 0.5) is 0 Å². The van der Waals surface area contributed by atoms with Crippen LogP contribution in [0.5, 0.6) is 0 Å². The molecule has 0 unspecified atom stereocenters. The van der Waals surface area contributed by atoms with E-state index in [1.807, 2.05) is 41.4 Å². The zero-order valence-electron chi connectivity index (χ0n) is 14.8. The Morgan fingerprint density at radius 1 is 1.35 bits per heavy atom. The molecule has 6 nitrogen and oxygen atoms in total. The molecule has 0 bridgehead atoms. The van der Waals surface area contributed by atoms with Crippen LogP contribution < -0.4 is 0 Å². The molecule has 1 amide bonds. The summed E-state index contributed by atoms with van der Waals surface area (Å²) < 4.78 is 12.1. The number of pyridine rings is 1. The van der Waals surface area contributed by atoms with Crippen molar-refractivity contribution in [1.82, 2.24) is 14.9 Å². The van der Waals surface area contributed by atoms with Crippen molar-refractivity contribution in [3.8, 4) is 0 Å². The highest BCUT2D eigenvalue weighted by molar-refractivity contribution is 5.77. The number of aromatic nitrogens is 2. The van der Waals surface area contributed by atoms with E-state index in [1.54, 1.807) is 6.20 Å². The number of hydrogen-bond donors (Lipinski definition) is 1. The molecule has 4 rings (SSSR count). The van der Waals surface area contributed by atoms with E-state index in [1.165, 1.54) is 0 Å². The van der Waals surface area contributed by atoms with Gasteiger partial charge in [0.05, 0.1) is 18.3 Å². The first kappa shape index (κ1) is 17.2. The van der Waals surface area contributed by atoms with Gasteiger partial charge in [0, 0.05) is 37.7 Å². The molecule has 1 N–H and O–H groups in total. The first-order chi connectivity index (χ1) is 12.8. The van der Waals surface area contributed by atoms with Crippen LogP contribution in [0.2, 0.25) is 0 Å². The average Bonchev–Trinajstić information content (AvgIpc) is 3.33. The number of carbonyl (C=O) groups excluding carboxylic acids is 1. The molecule has 0 aromatic carbocycles. The maximum atomic E-state index is 12.8. The summed E-state index contributed by atoms with van der Waals surface area (Å²) in [4.78, 5) is 22.3. The fourth-order valence-corrected chi connectivity index (χ4v) is 3.93. The molecular weight excluding hydrogens is 330 g/mol. The lowest BCUT2D eigenvalue weighted by Crippen LogP contribution is -2.43. The van der Waals surface area contributed by atoms with E-state index in [2.05, 4.69) is 9.97 Å². The van der Waals surface area contributed by atoms with Gasteiger partial charge in [0.1, 0.15) is 12.2 Å². The number of nitrogens with one attached hydrogen (secondary N) is 1. The van der Waals surface area contributed by atoms with Gasteiger partial charge >= 0.3 is 0 Å². The summed E-state index contributed by atoms with van der Waals surface area (Å²) >= 11 is 0. The summed E-state index contributed by atoms with van der Waals surface area (Å²) in [6, 6.07) is 9.91. The van der Waals surface area contributed by atoms with Gasteiger partial charge in [0.2, 0.25) is 5.91 Å². The second-order valence-corrected chi connectivity index (χ2v) is 6.96. The Kier molecular flexibility index (Phi) is 5.32. The van der Waals surface area contributed by atoms with Crippen molar-refractivity contribution in [2.75, 3.05) is 13.2 Å². The number of H-pyrrole nitrogens is 1. The Morgan fingerprint density at radius 2 is 2.31 bits per heavy atom. The molecule has 2 aliphatic heterocycles. The molecule has 3 atom stereocenters. The lowest BCUT2D eigenvalue weighted by atomic mass is 10.0. The third kappa shape index (κ3) is 3.81. The molecule has 0 radical (unpaired) electrons. The molecule has 4 heterocycles. The lowest BCUT2D eigenvalue weighted by Gasteiger charge is -2.32. The van der Waals surface area contributed by atoms with Crippen LogP contribution in [0, 0.1) is 0 Å². The molecule has 2 aromatic heterocycles. The number of amides is 1. The number of ether oxygens (including phenoxy) is 2. The molecule has 0 saturated carbocycles. The van der Waals surface area contributed by atoms with Crippen LogP contribution in [0.25, 0.3) is 0 Å². The Hall–Kier alpha value is -2.18. The second-order valence-electron chi connectivity index (χ2n) is 6.96. The molecule has 2 saturated heterocycles. The van der Waals surface area contributed by atoms with E-state index in [9.17, 15) is 4.79 Å². The van der Waals surface area contributed by atoms with Gasteiger partial charge in [0.15, 0.2) is 0 Å². The highest BCUT2D eigenvalue weighted by atomic mass is 16.5. The number of aromatic amines is 1. The largest absolute Gasteiger partial charge is 0.373 e. The average molecular weight is 355 g/mol. The minimum Gasteiger partial charge on any atom is -0.373 e. The highest BCUT2D eigenvalue weighted by Gasteiger charge is 2.46. The number of hydrogen-bond acceptors (Lipinski definition) is 4. The SMILES string of the molecule is O=C(CCc1ccc[nH]1)N1C[C@H](OCc2ccccn2)[C@H]2OCCC[C@H]21. The first-order valence-corrected chi connectivity index (χ1v) is 9.36. The molecular formula is C20H25N3O3. The molecule has 26 heavy (non-hydrogen) atoms. The molecule has 2 fully saturated rings. The summed E-state index contributed by atoms with van der Waals surface area (Å²) in [5, 5.41) is 0.